The molecule has 1 N–H and O–H groups in total. The Bertz CT molecular complexity index is 523. The highest BCUT2D eigenvalue weighted by atomic mass is 16.5. The van der Waals surface area contributed by atoms with Crippen LogP contribution in [0.2, 0.25) is 0 Å². The topological polar surface area (TPSA) is 48.3 Å². The summed E-state index contributed by atoms with van der Waals surface area (Å²) in [5.41, 5.74) is 1.11. The number of aromatic nitrogens is 2. The second-order valence-electron chi connectivity index (χ2n) is 3.84. The Kier molecular flexibility index (Phi) is 3.72. The Labute approximate surface area is 106 Å². The van der Waals surface area contributed by atoms with Gasteiger partial charge in [-0.3, -0.25) is 4.68 Å². The molecule has 0 aliphatic rings. The molecule has 0 radical (unpaired) electrons. The SMILES string of the molecule is CNc1ccn(Cc2ccc(OC)c(OC)c2)n1. The van der Waals surface area contributed by atoms with Gasteiger partial charge in [0.25, 0.3) is 0 Å². The van der Waals surface area contributed by atoms with Gasteiger partial charge in [-0.15, -0.1) is 0 Å². The van der Waals surface area contributed by atoms with Crippen LogP contribution in [0.5, 0.6) is 11.5 Å². The predicted molar refractivity (Wildman–Crippen MR) is 70.4 cm³/mol. The summed E-state index contributed by atoms with van der Waals surface area (Å²) in [5.74, 6) is 2.32. The van der Waals surface area contributed by atoms with Crippen molar-refractivity contribution >= 4 is 5.82 Å². The van der Waals surface area contributed by atoms with Crippen molar-refractivity contribution in [1.82, 2.24) is 9.78 Å². The van der Waals surface area contributed by atoms with Gasteiger partial charge in [0.2, 0.25) is 0 Å². The molecule has 1 aromatic heterocycles. The van der Waals surface area contributed by atoms with Crippen LogP contribution >= 0.6 is 0 Å². The molecule has 0 fully saturated rings. The molecule has 0 aliphatic heterocycles. The fourth-order valence-corrected chi connectivity index (χ4v) is 1.75. The summed E-state index contributed by atoms with van der Waals surface area (Å²) in [5, 5.41) is 7.35. The molecule has 2 aromatic rings. The van der Waals surface area contributed by atoms with E-state index in [2.05, 4.69) is 10.4 Å². The average molecular weight is 247 g/mol. The second kappa shape index (κ2) is 5.44. The monoisotopic (exact) mass is 247 g/mol. The Morgan fingerprint density at radius 1 is 1.17 bits per heavy atom. The van der Waals surface area contributed by atoms with E-state index < -0.39 is 0 Å². The molecule has 1 aromatic carbocycles. The van der Waals surface area contributed by atoms with Gasteiger partial charge in [-0.1, -0.05) is 6.07 Å². The Morgan fingerprint density at radius 3 is 2.56 bits per heavy atom. The highest BCUT2D eigenvalue weighted by molar-refractivity contribution is 5.43. The Balaban J connectivity index is 2.18. The first-order chi connectivity index (χ1) is 8.76. The summed E-state index contributed by atoms with van der Waals surface area (Å²) in [6.07, 6.45) is 1.93. The van der Waals surface area contributed by atoms with Crippen LogP contribution in [0.15, 0.2) is 30.5 Å². The predicted octanol–water partition coefficient (Wildman–Crippen LogP) is 1.99. The van der Waals surface area contributed by atoms with E-state index >= 15 is 0 Å². The lowest BCUT2D eigenvalue weighted by molar-refractivity contribution is 0.354. The average Bonchev–Trinajstić information content (AvgIpc) is 2.86. The van der Waals surface area contributed by atoms with Crippen molar-refractivity contribution in [1.29, 1.82) is 0 Å². The molecule has 5 heteroatoms. The van der Waals surface area contributed by atoms with E-state index in [1.54, 1.807) is 14.2 Å². The van der Waals surface area contributed by atoms with E-state index in [0.717, 1.165) is 22.9 Å². The molecule has 0 spiro atoms. The molecule has 0 saturated heterocycles. The Hall–Kier alpha value is -2.17. The third-order valence-electron chi connectivity index (χ3n) is 2.69. The molecule has 2 rings (SSSR count). The molecule has 96 valence electrons. The summed E-state index contributed by atoms with van der Waals surface area (Å²) in [7, 11) is 5.11. The Morgan fingerprint density at radius 2 is 1.94 bits per heavy atom. The van der Waals surface area contributed by atoms with Crippen LogP contribution in [0.4, 0.5) is 5.82 Å². The van der Waals surface area contributed by atoms with Crippen LogP contribution in [0.1, 0.15) is 5.56 Å². The molecular weight excluding hydrogens is 230 g/mol. The fraction of sp³-hybridized carbons (Fsp3) is 0.308. The van der Waals surface area contributed by atoms with Crippen molar-refractivity contribution in [2.45, 2.75) is 6.54 Å². The van der Waals surface area contributed by atoms with Crippen LogP contribution in [0, 0.1) is 0 Å². The van der Waals surface area contributed by atoms with E-state index in [0.29, 0.717) is 6.54 Å². The normalized spacial score (nSPS) is 10.2. The third-order valence-corrected chi connectivity index (χ3v) is 2.69. The first-order valence-electron chi connectivity index (χ1n) is 5.69. The van der Waals surface area contributed by atoms with Crippen molar-refractivity contribution < 1.29 is 9.47 Å². The van der Waals surface area contributed by atoms with E-state index in [-0.39, 0.29) is 0 Å². The van der Waals surface area contributed by atoms with Crippen LogP contribution < -0.4 is 14.8 Å². The molecular formula is C13H17N3O2. The number of hydrogen-bond donors (Lipinski definition) is 1. The zero-order chi connectivity index (χ0) is 13.0. The molecule has 0 amide bonds. The van der Waals surface area contributed by atoms with Gasteiger partial charge in [-0.2, -0.15) is 5.10 Å². The summed E-state index contributed by atoms with van der Waals surface area (Å²) >= 11 is 0. The lowest BCUT2D eigenvalue weighted by Gasteiger charge is -2.09. The quantitative estimate of drug-likeness (QED) is 0.877. The van der Waals surface area contributed by atoms with Gasteiger partial charge >= 0.3 is 0 Å². The fourth-order valence-electron chi connectivity index (χ4n) is 1.75. The standard InChI is InChI=1S/C13H17N3O2/c1-14-13-6-7-16(15-13)9-10-4-5-11(17-2)12(8-10)18-3/h4-8H,9H2,1-3H3,(H,14,15). The smallest absolute Gasteiger partial charge is 0.161 e. The second-order valence-corrected chi connectivity index (χ2v) is 3.84. The van der Waals surface area contributed by atoms with Crippen molar-refractivity contribution in [3.05, 3.63) is 36.0 Å². The van der Waals surface area contributed by atoms with E-state index in [9.17, 15) is 0 Å². The lowest BCUT2D eigenvalue weighted by Crippen LogP contribution is -2.02. The first-order valence-corrected chi connectivity index (χ1v) is 5.69. The van der Waals surface area contributed by atoms with Gasteiger partial charge < -0.3 is 14.8 Å². The van der Waals surface area contributed by atoms with Gasteiger partial charge in [-0.05, 0) is 17.7 Å². The maximum absolute atomic E-state index is 5.27. The molecule has 0 aliphatic carbocycles. The molecule has 18 heavy (non-hydrogen) atoms. The van der Waals surface area contributed by atoms with Crippen molar-refractivity contribution in [2.75, 3.05) is 26.6 Å². The van der Waals surface area contributed by atoms with Crippen LogP contribution in [-0.2, 0) is 6.54 Å². The largest absolute Gasteiger partial charge is 0.493 e. The van der Waals surface area contributed by atoms with E-state index in [4.69, 9.17) is 9.47 Å². The summed E-state index contributed by atoms with van der Waals surface area (Å²) < 4.78 is 12.3. The van der Waals surface area contributed by atoms with Gasteiger partial charge in [0, 0.05) is 19.3 Å². The molecule has 0 unspecified atom stereocenters. The van der Waals surface area contributed by atoms with Crippen LogP contribution in [0.25, 0.3) is 0 Å². The van der Waals surface area contributed by atoms with Crippen molar-refractivity contribution in [2.24, 2.45) is 0 Å². The number of hydrogen-bond acceptors (Lipinski definition) is 4. The first kappa shape index (κ1) is 12.3. The number of rotatable bonds is 5. The van der Waals surface area contributed by atoms with Crippen molar-refractivity contribution in [3.8, 4) is 11.5 Å². The van der Waals surface area contributed by atoms with Gasteiger partial charge in [0.05, 0.1) is 20.8 Å². The minimum Gasteiger partial charge on any atom is -0.493 e. The zero-order valence-corrected chi connectivity index (χ0v) is 10.8. The molecule has 0 bridgehead atoms. The number of benzene rings is 1. The van der Waals surface area contributed by atoms with Gasteiger partial charge in [0.15, 0.2) is 11.5 Å². The number of nitrogens with zero attached hydrogens (tertiary/aromatic N) is 2. The van der Waals surface area contributed by atoms with Crippen molar-refractivity contribution in [3.63, 3.8) is 0 Å². The molecule has 5 nitrogen and oxygen atoms in total. The van der Waals surface area contributed by atoms with Crippen LogP contribution in [0.3, 0.4) is 0 Å². The minimum absolute atomic E-state index is 0.696. The van der Waals surface area contributed by atoms with Crippen LogP contribution in [-0.4, -0.2) is 31.0 Å². The minimum atomic E-state index is 0.696. The molecule has 0 saturated carbocycles. The lowest BCUT2D eigenvalue weighted by atomic mass is 10.2. The summed E-state index contributed by atoms with van der Waals surface area (Å²) in [6, 6.07) is 7.79. The zero-order valence-electron chi connectivity index (χ0n) is 10.8. The summed E-state index contributed by atoms with van der Waals surface area (Å²) in [6.45, 7) is 0.696. The van der Waals surface area contributed by atoms with Gasteiger partial charge in [0.1, 0.15) is 5.82 Å². The number of nitrogens with one attached hydrogen (secondary N) is 1. The maximum atomic E-state index is 5.27. The number of anilines is 1. The third kappa shape index (κ3) is 2.56. The number of methoxy groups -OCH3 is 2. The van der Waals surface area contributed by atoms with E-state index in [1.165, 1.54) is 0 Å². The maximum Gasteiger partial charge on any atom is 0.161 e. The highest BCUT2D eigenvalue weighted by Gasteiger charge is 2.05. The molecule has 1 heterocycles. The number of ether oxygens (including phenoxy) is 2. The highest BCUT2D eigenvalue weighted by Crippen LogP contribution is 2.27. The van der Waals surface area contributed by atoms with Gasteiger partial charge in [-0.25, -0.2) is 0 Å². The van der Waals surface area contributed by atoms with E-state index in [1.807, 2.05) is 42.2 Å². The molecule has 0 atom stereocenters. The summed E-state index contributed by atoms with van der Waals surface area (Å²) in [4.78, 5) is 0.